The first-order valence-electron chi connectivity index (χ1n) is 11.0. The molecule has 1 aliphatic heterocycles. The van der Waals surface area contributed by atoms with E-state index < -0.39 is 23.6 Å². The van der Waals surface area contributed by atoms with Gasteiger partial charge in [-0.2, -0.15) is 5.26 Å². The molecular weight excluding hydrogens is 420 g/mol. The van der Waals surface area contributed by atoms with Gasteiger partial charge in [-0.05, 0) is 64.3 Å². The second-order valence-corrected chi connectivity index (χ2v) is 8.62. The average Bonchev–Trinajstić information content (AvgIpc) is 3.31. The van der Waals surface area contributed by atoms with E-state index in [4.69, 9.17) is 10.5 Å². The molecule has 33 heavy (non-hydrogen) atoms. The van der Waals surface area contributed by atoms with Crippen LogP contribution in [-0.4, -0.2) is 46.7 Å². The molecule has 0 radical (unpaired) electrons. The Balaban J connectivity index is 0.000000248. The number of anilines is 1. The highest BCUT2D eigenvalue weighted by molar-refractivity contribution is 5.84. The van der Waals surface area contributed by atoms with Gasteiger partial charge in [0.05, 0.1) is 11.3 Å². The van der Waals surface area contributed by atoms with Crippen molar-refractivity contribution in [1.82, 2.24) is 15.3 Å². The zero-order chi connectivity index (χ0) is 24.4. The number of carbonyl (C=O) groups is 2. The summed E-state index contributed by atoms with van der Waals surface area (Å²) < 4.78 is 4.96. The SMILES string of the molecule is CC[C@H](NC(=O)OC(C)(C)C)C(N)=O.N#Cc1cc(-c2ncccn2)ccc1N1CCCC1. The molecule has 9 nitrogen and oxygen atoms in total. The molecule has 0 spiro atoms. The quantitative estimate of drug-likeness (QED) is 0.710. The number of hydrogen-bond acceptors (Lipinski definition) is 7. The Morgan fingerprint density at radius 2 is 1.88 bits per heavy atom. The number of hydrogen-bond donors (Lipinski definition) is 2. The van der Waals surface area contributed by atoms with Crippen molar-refractivity contribution in [2.24, 2.45) is 5.73 Å². The van der Waals surface area contributed by atoms with Crippen LogP contribution in [0.4, 0.5) is 10.5 Å². The van der Waals surface area contributed by atoms with E-state index >= 15 is 0 Å². The van der Waals surface area contributed by atoms with Gasteiger partial charge in [-0.15, -0.1) is 0 Å². The van der Waals surface area contributed by atoms with Gasteiger partial charge in [-0.1, -0.05) is 6.92 Å². The van der Waals surface area contributed by atoms with Gasteiger partial charge in [0, 0.05) is 31.0 Å². The number of ether oxygens (including phenoxy) is 1. The first kappa shape index (κ1) is 25.6. The number of nitrogens with two attached hydrogens (primary N) is 1. The van der Waals surface area contributed by atoms with Gasteiger partial charge in [-0.3, -0.25) is 4.79 Å². The van der Waals surface area contributed by atoms with E-state index in [0.717, 1.165) is 24.3 Å². The predicted octanol–water partition coefficient (Wildman–Crippen LogP) is 3.39. The lowest BCUT2D eigenvalue weighted by molar-refractivity contribution is -0.120. The summed E-state index contributed by atoms with van der Waals surface area (Å²) in [5, 5.41) is 11.7. The van der Waals surface area contributed by atoms with Crippen LogP contribution in [0.25, 0.3) is 11.4 Å². The highest BCUT2D eigenvalue weighted by Gasteiger charge is 2.21. The number of alkyl carbamates (subject to hydrolysis) is 1. The van der Waals surface area contributed by atoms with Gasteiger partial charge in [0.25, 0.3) is 0 Å². The Morgan fingerprint density at radius 1 is 1.24 bits per heavy atom. The standard InChI is InChI=1S/C15H14N4.C9H18N2O3/c16-11-13-10-12(15-17-6-3-7-18-15)4-5-14(13)19-8-1-2-9-19;1-5-6(7(10)12)11-8(13)14-9(2,3)4/h3-7,10H,1-2,8-9H2;6H,5H2,1-4H3,(H2,10,12)(H,11,13)/t;6-/m.0/s1. The maximum absolute atomic E-state index is 11.2. The van der Waals surface area contributed by atoms with Gasteiger partial charge >= 0.3 is 6.09 Å². The van der Waals surface area contributed by atoms with Crippen LogP contribution < -0.4 is 16.0 Å². The highest BCUT2D eigenvalue weighted by Crippen LogP contribution is 2.27. The Bertz CT molecular complexity index is 976. The molecule has 0 bridgehead atoms. The number of carbonyl (C=O) groups excluding carboxylic acids is 2. The molecule has 1 aliphatic rings. The van der Waals surface area contributed by atoms with E-state index in [0.29, 0.717) is 17.8 Å². The monoisotopic (exact) mass is 452 g/mol. The first-order chi connectivity index (χ1) is 15.6. The molecule has 3 N–H and O–H groups in total. The molecule has 0 unspecified atom stereocenters. The van der Waals surface area contributed by atoms with E-state index in [1.54, 1.807) is 46.2 Å². The van der Waals surface area contributed by atoms with Crippen molar-refractivity contribution in [1.29, 1.82) is 5.26 Å². The molecule has 1 aromatic carbocycles. The minimum Gasteiger partial charge on any atom is -0.444 e. The Kier molecular flexibility index (Phi) is 9.16. The third-order valence-electron chi connectivity index (χ3n) is 4.83. The third-order valence-corrected chi connectivity index (χ3v) is 4.83. The minimum atomic E-state index is -0.662. The van der Waals surface area contributed by atoms with Crippen LogP contribution >= 0.6 is 0 Å². The van der Waals surface area contributed by atoms with Crippen molar-refractivity contribution < 1.29 is 14.3 Å². The topological polar surface area (TPSA) is 134 Å². The lowest BCUT2D eigenvalue weighted by Crippen LogP contribution is -2.45. The Hall–Kier alpha value is -3.67. The largest absolute Gasteiger partial charge is 0.444 e. The van der Waals surface area contributed by atoms with Gasteiger partial charge in [0.15, 0.2) is 5.82 Å². The smallest absolute Gasteiger partial charge is 0.408 e. The van der Waals surface area contributed by atoms with Crippen LogP contribution in [0.5, 0.6) is 0 Å². The molecule has 2 aromatic rings. The van der Waals surface area contributed by atoms with Crippen LogP contribution in [0.15, 0.2) is 36.7 Å². The summed E-state index contributed by atoms with van der Waals surface area (Å²) in [6.45, 7) is 9.08. The van der Waals surface area contributed by atoms with Crippen LogP contribution in [-0.2, 0) is 9.53 Å². The number of rotatable bonds is 5. The lowest BCUT2D eigenvalue weighted by atomic mass is 10.1. The van der Waals surface area contributed by atoms with E-state index in [1.807, 2.05) is 18.2 Å². The maximum Gasteiger partial charge on any atom is 0.408 e. The fraction of sp³-hybridized carbons (Fsp3) is 0.458. The summed E-state index contributed by atoms with van der Waals surface area (Å²) in [6, 6.07) is 9.29. The summed E-state index contributed by atoms with van der Waals surface area (Å²) in [7, 11) is 0. The maximum atomic E-state index is 11.2. The average molecular weight is 453 g/mol. The molecular formula is C24H32N6O3. The molecule has 1 saturated heterocycles. The summed E-state index contributed by atoms with van der Waals surface area (Å²) in [5.74, 6) is 0.102. The third kappa shape index (κ3) is 8.07. The molecule has 1 atom stereocenters. The Morgan fingerprint density at radius 3 is 2.39 bits per heavy atom. The summed E-state index contributed by atoms with van der Waals surface area (Å²) in [6.07, 6.45) is 5.66. The Labute approximate surface area is 195 Å². The first-order valence-corrected chi connectivity index (χ1v) is 11.0. The van der Waals surface area contributed by atoms with Crippen LogP contribution in [0.2, 0.25) is 0 Å². The molecule has 3 rings (SSSR count). The molecule has 1 aromatic heterocycles. The van der Waals surface area contributed by atoms with Crippen LogP contribution in [0, 0.1) is 11.3 Å². The van der Waals surface area contributed by atoms with E-state index in [2.05, 4.69) is 26.3 Å². The van der Waals surface area contributed by atoms with Gasteiger partial charge in [0.2, 0.25) is 5.91 Å². The normalized spacial score (nSPS) is 13.8. The van der Waals surface area contributed by atoms with Crippen molar-refractivity contribution in [3.8, 4) is 17.5 Å². The number of benzene rings is 1. The molecule has 1 fully saturated rings. The van der Waals surface area contributed by atoms with Crippen LogP contribution in [0.1, 0.15) is 52.5 Å². The minimum absolute atomic E-state index is 0.453. The van der Waals surface area contributed by atoms with Crippen molar-refractivity contribution in [2.75, 3.05) is 18.0 Å². The highest BCUT2D eigenvalue weighted by atomic mass is 16.6. The molecule has 0 aliphatic carbocycles. The molecule has 2 heterocycles. The van der Waals surface area contributed by atoms with E-state index in [-0.39, 0.29) is 0 Å². The van der Waals surface area contributed by atoms with Crippen LogP contribution in [0.3, 0.4) is 0 Å². The zero-order valence-corrected chi connectivity index (χ0v) is 19.7. The molecule has 176 valence electrons. The van der Waals surface area contributed by atoms with E-state index in [9.17, 15) is 14.9 Å². The summed E-state index contributed by atoms with van der Waals surface area (Å²) in [4.78, 5) is 32.7. The van der Waals surface area contributed by atoms with Crippen molar-refractivity contribution >= 4 is 17.7 Å². The summed E-state index contributed by atoms with van der Waals surface area (Å²) >= 11 is 0. The predicted molar refractivity (Wildman–Crippen MR) is 126 cm³/mol. The fourth-order valence-electron chi connectivity index (χ4n) is 3.27. The molecule has 2 amide bonds. The lowest BCUT2D eigenvalue weighted by Gasteiger charge is -2.21. The van der Waals surface area contributed by atoms with Gasteiger partial charge in [0.1, 0.15) is 17.7 Å². The summed E-state index contributed by atoms with van der Waals surface area (Å²) in [5.41, 5.74) is 7.10. The molecule has 0 saturated carbocycles. The second-order valence-electron chi connectivity index (χ2n) is 8.62. The fourth-order valence-corrected chi connectivity index (χ4v) is 3.27. The van der Waals surface area contributed by atoms with Gasteiger partial charge in [-0.25, -0.2) is 14.8 Å². The van der Waals surface area contributed by atoms with Crippen molar-refractivity contribution in [3.63, 3.8) is 0 Å². The number of nitriles is 1. The number of primary amides is 1. The number of nitrogens with one attached hydrogen (secondary N) is 1. The van der Waals surface area contributed by atoms with Gasteiger partial charge < -0.3 is 20.7 Å². The molecule has 9 heteroatoms. The van der Waals surface area contributed by atoms with Crippen molar-refractivity contribution in [3.05, 3.63) is 42.2 Å². The number of nitrogens with zero attached hydrogens (tertiary/aromatic N) is 4. The number of aromatic nitrogens is 2. The second kappa shape index (κ2) is 11.8. The van der Waals surface area contributed by atoms with E-state index in [1.165, 1.54) is 12.8 Å². The zero-order valence-electron chi connectivity index (χ0n) is 19.7. The van der Waals surface area contributed by atoms with Crippen molar-refractivity contribution in [2.45, 2.75) is 58.6 Å². The number of amides is 2.